The fourth-order valence-electron chi connectivity index (χ4n) is 4.42. The summed E-state index contributed by atoms with van der Waals surface area (Å²) in [6.45, 7) is 4.18. The van der Waals surface area contributed by atoms with Crippen LogP contribution in [-0.2, 0) is 28.1 Å². The first-order chi connectivity index (χ1) is 16.7. The molecule has 1 aromatic heterocycles. The number of carboxylic acid groups (broad SMARTS) is 1. The summed E-state index contributed by atoms with van der Waals surface area (Å²) >= 11 is 6.16. The predicted molar refractivity (Wildman–Crippen MR) is 124 cm³/mol. The lowest BCUT2D eigenvalue weighted by atomic mass is 9.80. The first-order valence-electron chi connectivity index (χ1n) is 10.9. The molecule has 10 heteroatoms. The SMILES string of the molecule is Clc1cccc(CN2CCC3(COCc4cnc(-c5ccccc5)nc43)C2)c1.O=C(O)C(F)(F)F. The molecule has 1 atom stereocenters. The van der Waals surface area contributed by atoms with Crippen LogP contribution < -0.4 is 0 Å². The number of carbonyl (C=O) groups is 1. The number of rotatable bonds is 3. The molecule has 2 aliphatic heterocycles. The van der Waals surface area contributed by atoms with Gasteiger partial charge in [0.25, 0.3) is 0 Å². The minimum atomic E-state index is -5.08. The third-order valence-corrected chi connectivity index (χ3v) is 6.24. The molecule has 1 unspecified atom stereocenters. The van der Waals surface area contributed by atoms with E-state index in [0.717, 1.165) is 54.6 Å². The first kappa shape index (κ1) is 25.1. The molecular formula is C25H23ClF3N3O3. The van der Waals surface area contributed by atoms with E-state index in [1.54, 1.807) is 0 Å². The van der Waals surface area contributed by atoms with Crippen molar-refractivity contribution in [2.45, 2.75) is 31.2 Å². The Bertz CT molecular complexity index is 1190. The highest BCUT2D eigenvalue weighted by Crippen LogP contribution is 2.40. The van der Waals surface area contributed by atoms with E-state index in [9.17, 15) is 13.2 Å². The van der Waals surface area contributed by atoms with E-state index in [0.29, 0.717) is 6.61 Å². The van der Waals surface area contributed by atoms with Crippen molar-refractivity contribution in [3.63, 3.8) is 0 Å². The predicted octanol–water partition coefficient (Wildman–Crippen LogP) is 5.10. The van der Waals surface area contributed by atoms with Crippen LogP contribution in [0.2, 0.25) is 5.02 Å². The highest BCUT2D eigenvalue weighted by Gasteiger charge is 2.45. The van der Waals surface area contributed by atoms with Crippen LogP contribution in [0.25, 0.3) is 11.4 Å². The molecule has 1 N–H and O–H groups in total. The molecule has 3 heterocycles. The average Bonchev–Trinajstić information content (AvgIpc) is 3.22. The minimum absolute atomic E-state index is 0.0569. The number of halogens is 4. The van der Waals surface area contributed by atoms with E-state index in [4.69, 9.17) is 31.2 Å². The van der Waals surface area contributed by atoms with Gasteiger partial charge in [-0.2, -0.15) is 13.2 Å². The van der Waals surface area contributed by atoms with Gasteiger partial charge in [0.15, 0.2) is 5.82 Å². The maximum absolute atomic E-state index is 10.6. The zero-order chi connectivity index (χ0) is 25.1. The highest BCUT2D eigenvalue weighted by atomic mass is 35.5. The molecule has 1 fully saturated rings. The van der Waals surface area contributed by atoms with Crippen LogP contribution in [0.4, 0.5) is 13.2 Å². The third kappa shape index (κ3) is 5.98. The second-order valence-electron chi connectivity index (χ2n) is 8.60. The second kappa shape index (κ2) is 10.3. The highest BCUT2D eigenvalue weighted by molar-refractivity contribution is 6.30. The number of aromatic nitrogens is 2. The lowest BCUT2D eigenvalue weighted by molar-refractivity contribution is -0.192. The number of ether oxygens (including phenoxy) is 1. The van der Waals surface area contributed by atoms with E-state index >= 15 is 0 Å². The second-order valence-corrected chi connectivity index (χ2v) is 9.04. The minimum Gasteiger partial charge on any atom is -0.475 e. The Morgan fingerprint density at radius 3 is 2.60 bits per heavy atom. The standard InChI is InChI=1S/C23H22ClN3O.C2HF3O2/c24-20-8-4-5-17(11-20)13-27-10-9-23(15-27)16-28-14-19-12-25-22(26-21(19)23)18-6-2-1-3-7-18;3-2(4,5)1(6)7/h1-8,11-12H,9-10,13-16H2;(H,6,7). The van der Waals surface area contributed by atoms with E-state index in [-0.39, 0.29) is 5.41 Å². The molecule has 35 heavy (non-hydrogen) atoms. The molecule has 6 nitrogen and oxygen atoms in total. The van der Waals surface area contributed by atoms with Crippen molar-refractivity contribution in [1.82, 2.24) is 14.9 Å². The van der Waals surface area contributed by atoms with Crippen molar-refractivity contribution in [2.75, 3.05) is 19.7 Å². The number of aliphatic carboxylic acids is 1. The van der Waals surface area contributed by atoms with Gasteiger partial charge in [-0.3, -0.25) is 4.90 Å². The Balaban J connectivity index is 0.000000364. The molecule has 0 aliphatic carbocycles. The Morgan fingerprint density at radius 2 is 1.91 bits per heavy atom. The monoisotopic (exact) mass is 505 g/mol. The number of hydrogen-bond donors (Lipinski definition) is 1. The van der Waals surface area contributed by atoms with Gasteiger partial charge >= 0.3 is 12.1 Å². The number of hydrogen-bond acceptors (Lipinski definition) is 5. The summed E-state index contributed by atoms with van der Waals surface area (Å²) in [5.74, 6) is -1.96. The number of nitrogens with zero attached hydrogens (tertiary/aromatic N) is 3. The van der Waals surface area contributed by atoms with Gasteiger partial charge in [-0.05, 0) is 30.7 Å². The van der Waals surface area contributed by atoms with Crippen molar-refractivity contribution in [2.24, 2.45) is 0 Å². The van der Waals surface area contributed by atoms with Gasteiger partial charge in [-0.1, -0.05) is 54.1 Å². The molecule has 2 aromatic carbocycles. The Hall–Kier alpha value is -3.01. The smallest absolute Gasteiger partial charge is 0.475 e. The molecule has 0 saturated carbocycles. The third-order valence-electron chi connectivity index (χ3n) is 6.01. The number of alkyl halides is 3. The molecule has 1 spiro atoms. The van der Waals surface area contributed by atoms with Crippen molar-refractivity contribution < 1.29 is 27.8 Å². The zero-order valence-electron chi connectivity index (χ0n) is 18.6. The van der Waals surface area contributed by atoms with Crippen LogP contribution in [0.5, 0.6) is 0 Å². The molecule has 0 radical (unpaired) electrons. The van der Waals surface area contributed by atoms with E-state index in [1.807, 2.05) is 42.6 Å². The number of likely N-dealkylation sites (tertiary alicyclic amines) is 1. The number of benzene rings is 2. The largest absolute Gasteiger partial charge is 0.490 e. The lowest BCUT2D eigenvalue weighted by Crippen LogP contribution is -2.40. The van der Waals surface area contributed by atoms with Gasteiger partial charge in [-0.15, -0.1) is 0 Å². The van der Waals surface area contributed by atoms with Gasteiger partial charge in [-0.25, -0.2) is 14.8 Å². The number of fused-ring (bicyclic) bond motifs is 2. The topological polar surface area (TPSA) is 75.5 Å². The van der Waals surface area contributed by atoms with Crippen LogP contribution in [-0.4, -0.2) is 51.8 Å². The maximum Gasteiger partial charge on any atom is 0.490 e. The molecule has 2 aliphatic rings. The van der Waals surface area contributed by atoms with Crippen molar-refractivity contribution in [1.29, 1.82) is 0 Å². The lowest BCUT2D eigenvalue weighted by Gasteiger charge is -2.34. The normalized spacial score (nSPS) is 19.7. The van der Waals surface area contributed by atoms with Gasteiger partial charge in [0, 0.05) is 35.4 Å². The summed E-state index contributed by atoms with van der Waals surface area (Å²) < 4.78 is 37.7. The average molecular weight is 506 g/mol. The van der Waals surface area contributed by atoms with Gasteiger partial charge < -0.3 is 9.84 Å². The van der Waals surface area contributed by atoms with Gasteiger partial charge in [0.2, 0.25) is 0 Å². The molecule has 184 valence electrons. The summed E-state index contributed by atoms with van der Waals surface area (Å²) in [6, 6.07) is 18.3. The molecular weight excluding hydrogens is 483 g/mol. The molecule has 3 aromatic rings. The molecule has 1 saturated heterocycles. The number of carboxylic acids is 1. The fraction of sp³-hybridized carbons (Fsp3) is 0.320. The summed E-state index contributed by atoms with van der Waals surface area (Å²) in [7, 11) is 0. The van der Waals surface area contributed by atoms with Crippen LogP contribution in [0.15, 0.2) is 60.8 Å². The quantitative estimate of drug-likeness (QED) is 0.533. The zero-order valence-corrected chi connectivity index (χ0v) is 19.4. The van der Waals surface area contributed by atoms with Crippen LogP contribution >= 0.6 is 11.6 Å². The Morgan fingerprint density at radius 1 is 1.17 bits per heavy atom. The summed E-state index contributed by atoms with van der Waals surface area (Å²) in [5.41, 5.74) is 4.53. The van der Waals surface area contributed by atoms with E-state index in [2.05, 4.69) is 28.1 Å². The van der Waals surface area contributed by atoms with E-state index < -0.39 is 12.1 Å². The summed E-state index contributed by atoms with van der Waals surface area (Å²) in [4.78, 5) is 21.0. The van der Waals surface area contributed by atoms with Crippen LogP contribution in [0, 0.1) is 0 Å². The fourth-order valence-corrected chi connectivity index (χ4v) is 4.63. The molecule has 5 rings (SSSR count). The molecule has 0 bridgehead atoms. The molecule has 0 amide bonds. The van der Waals surface area contributed by atoms with Gasteiger partial charge in [0.05, 0.1) is 24.3 Å². The van der Waals surface area contributed by atoms with Gasteiger partial charge in [0.1, 0.15) is 0 Å². The van der Waals surface area contributed by atoms with Crippen LogP contribution in [0.1, 0.15) is 23.2 Å². The van der Waals surface area contributed by atoms with Crippen molar-refractivity contribution >= 4 is 17.6 Å². The summed E-state index contributed by atoms with van der Waals surface area (Å²) in [5, 5.41) is 7.91. The summed E-state index contributed by atoms with van der Waals surface area (Å²) in [6.07, 6.45) is -2.09. The van der Waals surface area contributed by atoms with E-state index in [1.165, 1.54) is 11.3 Å². The first-order valence-corrected chi connectivity index (χ1v) is 11.3. The van der Waals surface area contributed by atoms with Crippen molar-refractivity contribution in [3.05, 3.63) is 82.6 Å². The Kier molecular flexibility index (Phi) is 7.39. The maximum atomic E-state index is 10.6. The Labute approximate surface area is 205 Å². The van der Waals surface area contributed by atoms with Crippen molar-refractivity contribution in [3.8, 4) is 11.4 Å². The van der Waals surface area contributed by atoms with Crippen LogP contribution in [0.3, 0.4) is 0 Å².